The minimum absolute atomic E-state index is 0. The minimum atomic E-state index is -1.17. The van der Waals surface area contributed by atoms with Gasteiger partial charge in [-0.3, -0.25) is 19.4 Å². The lowest BCUT2D eigenvalue weighted by Gasteiger charge is -2.37. The van der Waals surface area contributed by atoms with Crippen LogP contribution in [0.5, 0.6) is 11.5 Å². The summed E-state index contributed by atoms with van der Waals surface area (Å²) in [6.45, 7) is 22.5. The van der Waals surface area contributed by atoms with Gasteiger partial charge in [-0.1, -0.05) is 85.4 Å². The Hall–Kier alpha value is -3.43. The van der Waals surface area contributed by atoms with Crippen molar-refractivity contribution in [3.05, 3.63) is 80.9 Å². The summed E-state index contributed by atoms with van der Waals surface area (Å²) in [6, 6.07) is 22.0. The average molecular weight is 1030 g/mol. The molecule has 2 saturated carbocycles. The molecule has 0 unspecified atom stereocenters. The van der Waals surface area contributed by atoms with Crippen LogP contribution in [-0.2, 0) is 32.2 Å². The van der Waals surface area contributed by atoms with Gasteiger partial charge in [-0.2, -0.15) is 0 Å². The van der Waals surface area contributed by atoms with Crippen LogP contribution in [0.2, 0.25) is 6.82 Å². The molecule has 2 aliphatic carbocycles. The van der Waals surface area contributed by atoms with E-state index in [1.54, 1.807) is 0 Å². The SMILES string of the molecule is C.CB(O)O.COC(=O)C1CN(Cc2ccc3c(C)c(OC4CCC(C(C)(C)C)CC4)ccc3c2)C1.COC(=O)C1CN(Cc2ccc3c(I)c(OC4CCC(C(C)(C)C)CC4)ccc3c2)C1. The summed E-state index contributed by atoms with van der Waals surface area (Å²) in [5.41, 5.74) is 4.59. The van der Waals surface area contributed by atoms with Crippen LogP contribution in [0.25, 0.3) is 21.5 Å². The number of likely N-dealkylation sites (tertiary alicyclic amines) is 2. The van der Waals surface area contributed by atoms with Crippen LogP contribution in [0.3, 0.4) is 0 Å². The molecule has 0 aromatic heterocycles. The Morgan fingerprint density at radius 2 is 1.00 bits per heavy atom. The lowest BCUT2D eigenvalue weighted by Crippen LogP contribution is -2.49. The zero-order valence-corrected chi connectivity index (χ0v) is 43.5. The summed E-state index contributed by atoms with van der Waals surface area (Å²) in [7, 11) is 1.76. The molecule has 10 nitrogen and oxygen atoms in total. The lowest BCUT2D eigenvalue weighted by atomic mass is 9.72. The van der Waals surface area contributed by atoms with E-state index < -0.39 is 7.12 Å². The molecule has 0 radical (unpaired) electrons. The fourth-order valence-electron chi connectivity index (χ4n) is 10.2. The number of esters is 2. The molecule has 4 fully saturated rings. The fraction of sp³-hybridized carbons (Fsp3) is 0.600. The number of benzene rings is 4. The molecule has 0 amide bonds. The molecule has 0 spiro atoms. The molecule has 2 heterocycles. The van der Waals surface area contributed by atoms with Gasteiger partial charge in [0.1, 0.15) is 11.5 Å². The summed E-state index contributed by atoms with van der Waals surface area (Å²) in [6.07, 6.45) is 10.3. The van der Waals surface area contributed by atoms with E-state index in [0.717, 1.165) is 88.3 Å². The first-order valence-electron chi connectivity index (χ1n) is 24.3. The standard InChI is InChI=1S/C27H37NO3.C26H34INO3.CH5BO2.CH4/c1-18-24-12-6-19(15-28-16-21(17-28)26(29)30-5)14-20(24)7-13-25(18)31-23-10-8-22(9-11-23)27(2,3)4;1-26(2,3)20-7-9-21(10-8-20)31-23-12-6-18-13-17(5-11-22(18)24(23)27)14-28-15-19(16-28)25(29)30-4;1-2(3)4;/h6-7,12-14,21-23H,8-11,15-17H2,1-5H3;5-6,11-13,19-21H,7-10,14-16H2,1-4H3;3-4H,1H3;1H4. The number of carbonyl (C=O) groups excluding carboxylic acids is 2. The maximum absolute atomic E-state index is 11.6. The van der Waals surface area contributed by atoms with Gasteiger partial charge in [-0.05, 0) is 173 Å². The molecule has 67 heavy (non-hydrogen) atoms. The molecule has 12 heteroatoms. The van der Waals surface area contributed by atoms with Crippen LogP contribution in [0.15, 0.2) is 60.7 Å². The topological polar surface area (TPSA) is 118 Å². The van der Waals surface area contributed by atoms with E-state index in [-0.39, 0.29) is 31.2 Å². The minimum Gasteiger partial charge on any atom is -0.490 e. The highest BCUT2D eigenvalue weighted by molar-refractivity contribution is 14.1. The molecule has 0 bridgehead atoms. The summed E-state index contributed by atoms with van der Waals surface area (Å²) >= 11 is 2.43. The zero-order valence-electron chi connectivity index (χ0n) is 41.3. The monoisotopic (exact) mass is 1030 g/mol. The summed E-state index contributed by atoms with van der Waals surface area (Å²) in [4.78, 5) is 27.7. The first-order chi connectivity index (χ1) is 31.2. The van der Waals surface area contributed by atoms with E-state index in [0.29, 0.717) is 23.0 Å². The van der Waals surface area contributed by atoms with Crippen molar-refractivity contribution in [1.82, 2.24) is 9.80 Å². The van der Waals surface area contributed by atoms with Crippen molar-refractivity contribution in [2.45, 2.75) is 139 Å². The molecule has 4 aliphatic rings. The molecular weight excluding hydrogens is 954 g/mol. The van der Waals surface area contributed by atoms with E-state index in [1.807, 2.05) is 0 Å². The average Bonchev–Trinajstić information content (AvgIpc) is 3.24. The largest absolute Gasteiger partial charge is 0.490 e. The second-order valence-corrected chi connectivity index (χ2v) is 22.6. The van der Waals surface area contributed by atoms with Crippen molar-refractivity contribution in [3.8, 4) is 11.5 Å². The van der Waals surface area contributed by atoms with Crippen LogP contribution in [0, 0.1) is 45.0 Å². The van der Waals surface area contributed by atoms with Gasteiger partial charge in [-0.15, -0.1) is 0 Å². The highest BCUT2D eigenvalue weighted by atomic mass is 127. The maximum Gasteiger partial charge on any atom is 0.448 e. The molecule has 8 rings (SSSR count). The number of aryl methyl sites for hydroxylation is 1. The molecule has 4 aromatic rings. The van der Waals surface area contributed by atoms with Crippen LogP contribution in [-0.4, -0.2) is 91.5 Å². The third kappa shape index (κ3) is 14.8. The van der Waals surface area contributed by atoms with Crippen LogP contribution >= 0.6 is 22.6 Å². The van der Waals surface area contributed by atoms with Crippen molar-refractivity contribution in [1.29, 1.82) is 0 Å². The predicted octanol–water partition coefficient (Wildman–Crippen LogP) is 11.5. The normalized spacial score (nSPS) is 21.6. The van der Waals surface area contributed by atoms with Gasteiger partial charge in [0.2, 0.25) is 0 Å². The lowest BCUT2D eigenvalue weighted by molar-refractivity contribution is -0.152. The highest BCUT2D eigenvalue weighted by Gasteiger charge is 2.35. The molecule has 2 saturated heterocycles. The summed E-state index contributed by atoms with van der Waals surface area (Å²) < 4.78 is 23.8. The predicted molar refractivity (Wildman–Crippen MR) is 281 cm³/mol. The van der Waals surface area contributed by atoms with Crippen LogP contribution in [0.4, 0.5) is 0 Å². The summed E-state index contributed by atoms with van der Waals surface area (Å²) in [5.74, 6) is 3.53. The Bertz CT molecular complexity index is 2090. The van der Waals surface area contributed by atoms with Crippen LogP contribution < -0.4 is 9.47 Å². The smallest absolute Gasteiger partial charge is 0.448 e. The van der Waals surface area contributed by atoms with Gasteiger partial charge in [-0.25, -0.2) is 0 Å². The first kappa shape index (κ1) is 54.5. The van der Waals surface area contributed by atoms with Gasteiger partial charge in [0.05, 0.1) is 41.8 Å². The van der Waals surface area contributed by atoms with E-state index in [2.05, 4.69) is 142 Å². The molecular formula is C55H80BIN2O8. The van der Waals surface area contributed by atoms with Crippen molar-refractivity contribution >= 4 is 63.2 Å². The number of hydrogen-bond donors (Lipinski definition) is 2. The second kappa shape index (κ2) is 23.9. The van der Waals surface area contributed by atoms with Gasteiger partial charge in [0.25, 0.3) is 0 Å². The second-order valence-electron chi connectivity index (χ2n) is 21.6. The van der Waals surface area contributed by atoms with Crippen molar-refractivity contribution in [2.24, 2.45) is 34.5 Å². The quantitative estimate of drug-likeness (QED) is 0.0903. The van der Waals surface area contributed by atoms with Crippen molar-refractivity contribution < 1.29 is 38.6 Å². The summed E-state index contributed by atoms with van der Waals surface area (Å²) in [5, 5.41) is 20.2. The molecule has 2 N–H and O–H groups in total. The molecule has 0 atom stereocenters. The number of methoxy groups -OCH3 is 2. The number of carbonyl (C=O) groups is 2. The van der Waals surface area contributed by atoms with E-state index >= 15 is 0 Å². The zero-order chi connectivity index (χ0) is 47.9. The van der Waals surface area contributed by atoms with E-state index in [1.165, 1.54) is 88.5 Å². The van der Waals surface area contributed by atoms with Gasteiger partial charge in [0, 0.05) is 39.3 Å². The van der Waals surface area contributed by atoms with E-state index in [4.69, 9.17) is 29.0 Å². The molecule has 2 aliphatic heterocycles. The number of rotatable bonds is 10. The molecule has 4 aromatic carbocycles. The third-order valence-corrected chi connectivity index (χ3v) is 15.6. The number of fused-ring (bicyclic) bond motifs is 2. The van der Waals surface area contributed by atoms with Gasteiger partial charge >= 0.3 is 19.1 Å². The van der Waals surface area contributed by atoms with Gasteiger partial charge < -0.3 is 29.0 Å². The first-order valence-corrected chi connectivity index (χ1v) is 25.3. The number of halogens is 1. The Balaban J connectivity index is 0.000000229. The van der Waals surface area contributed by atoms with Crippen molar-refractivity contribution in [3.63, 3.8) is 0 Å². The Kier molecular flexibility index (Phi) is 19.5. The van der Waals surface area contributed by atoms with Crippen molar-refractivity contribution in [2.75, 3.05) is 40.4 Å². The van der Waals surface area contributed by atoms with E-state index in [9.17, 15) is 9.59 Å². The highest BCUT2D eigenvalue weighted by Crippen LogP contribution is 2.41. The van der Waals surface area contributed by atoms with Crippen LogP contribution in [0.1, 0.15) is 117 Å². The Labute approximate surface area is 416 Å². The Morgan fingerprint density at radius 3 is 1.40 bits per heavy atom. The Morgan fingerprint density at radius 1 is 0.627 bits per heavy atom. The van der Waals surface area contributed by atoms with Gasteiger partial charge in [0.15, 0.2) is 0 Å². The number of nitrogens with zero attached hydrogens (tertiary/aromatic N) is 2. The number of hydrogen-bond acceptors (Lipinski definition) is 10. The molecule has 368 valence electrons. The fourth-order valence-corrected chi connectivity index (χ4v) is 11.0. The number of ether oxygens (including phenoxy) is 4. The third-order valence-electron chi connectivity index (χ3n) is 14.5. The maximum atomic E-state index is 11.6.